The Labute approximate surface area is 161 Å². The monoisotopic (exact) mass is 473 g/mol. The maximum atomic E-state index is 12.5. The SMILES string of the molecule is COC(=O)[C@@H](Cc1ccccc1Cl)NC(=O)c1cc(Br)cc(Br)c1. The Morgan fingerprint density at radius 1 is 1.17 bits per heavy atom. The van der Waals surface area contributed by atoms with Crippen molar-refractivity contribution in [1.82, 2.24) is 5.32 Å². The van der Waals surface area contributed by atoms with E-state index in [1.165, 1.54) is 7.11 Å². The molecule has 0 spiro atoms. The minimum Gasteiger partial charge on any atom is -0.467 e. The number of rotatable bonds is 5. The van der Waals surface area contributed by atoms with Gasteiger partial charge >= 0.3 is 5.97 Å². The number of halogens is 3. The zero-order chi connectivity index (χ0) is 17.7. The van der Waals surface area contributed by atoms with Crippen LogP contribution in [0.3, 0.4) is 0 Å². The van der Waals surface area contributed by atoms with Gasteiger partial charge in [-0.2, -0.15) is 0 Å². The molecule has 0 radical (unpaired) electrons. The smallest absolute Gasteiger partial charge is 0.328 e. The second-order valence-corrected chi connectivity index (χ2v) is 7.24. The average molecular weight is 476 g/mol. The molecule has 0 fully saturated rings. The Morgan fingerprint density at radius 2 is 1.79 bits per heavy atom. The van der Waals surface area contributed by atoms with Crippen molar-refractivity contribution >= 4 is 55.3 Å². The average Bonchev–Trinajstić information content (AvgIpc) is 2.54. The van der Waals surface area contributed by atoms with Gasteiger partial charge in [-0.1, -0.05) is 61.7 Å². The maximum Gasteiger partial charge on any atom is 0.328 e. The largest absolute Gasteiger partial charge is 0.467 e. The third-order valence-electron chi connectivity index (χ3n) is 3.30. The number of hydrogen-bond acceptors (Lipinski definition) is 3. The molecule has 0 bridgehead atoms. The van der Waals surface area contributed by atoms with Crippen molar-refractivity contribution in [2.24, 2.45) is 0 Å². The molecule has 2 aromatic carbocycles. The van der Waals surface area contributed by atoms with Crippen LogP contribution in [0, 0.1) is 0 Å². The number of esters is 1. The van der Waals surface area contributed by atoms with Crippen LogP contribution in [-0.4, -0.2) is 25.0 Å². The van der Waals surface area contributed by atoms with Gasteiger partial charge in [-0.15, -0.1) is 0 Å². The molecule has 2 rings (SSSR count). The van der Waals surface area contributed by atoms with Gasteiger partial charge in [-0.3, -0.25) is 4.79 Å². The summed E-state index contributed by atoms with van der Waals surface area (Å²) in [6, 6.07) is 11.5. The van der Waals surface area contributed by atoms with Crippen LogP contribution in [0.5, 0.6) is 0 Å². The van der Waals surface area contributed by atoms with E-state index in [1.807, 2.05) is 12.1 Å². The van der Waals surface area contributed by atoms with E-state index in [1.54, 1.807) is 30.3 Å². The fraction of sp³-hybridized carbons (Fsp3) is 0.176. The normalized spacial score (nSPS) is 11.7. The summed E-state index contributed by atoms with van der Waals surface area (Å²) in [5, 5.41) is 3.23. The summed E-state index contributed by atoms with van der Waals surface area (Å²) in [4.78, 5) is 24.5. The zero-order valence-corrected chi connectivity index (χ0v) is 16.6. The first-order valence-electron chi connectivity index (χ1n) is 6.99. The fourth-order valence-corrected chi connectivity index (χ4v) is 3.65. The summed E-state index contributed by atoms with van der Waals surface area (Å²) in [6.45, 7) is 0. The molecule has 126 valence electrons. The minimum atomic E-state index is -0.833. The summed E-state index contributed by atoms with van der Waals surface area (Å²) in [5.74, 6) is -0.906. The molecule has 1 atom stereocenters. The summed E-state index contributed by atoms with van der Waals surface area (Å²) >= 11 is 12.8. The molecule has 2 aromatic rings. The molecule has 1 amide bonds. The van der Waals surface area contributed by atoms with Crippen LogP contribution in [0.2, 0.25) is 5.02 Å². The van der Waals surface area contributed by atoms with Gasteiger partial charge in [-0.05, 0) is 29.8 Å². The minimum absolute atomic E-state index is 0.243. The number of amides is 1. The highest BCUT2D eigenvalue weighted by molar-refractivity contribution is 9.11. The van der Waals surface area contributed by atoms with E-state index in [9.17, 15) is 9.59 Å². The second-order valence-electron chi connectivity index (χ2n) is 5.00. The van der Waals surface area contributed by atoms with Crippen molar-refractivity contribution in [1.29, 1.82) is 0 Å². The Balaban J connectivity index is 2.21. The topological polar surface area (TPSA) is 55.4 Å². The van der Waals surface area contributed by atoms with E-state index >= 15 is 0 Å². The van der Waals surface area contributed by atoms with E-state index < -0.39 is 12.0 Å². The lowest BCUT2D eigenvalue weighted by Gasteiger charge is -2.17. The van der Waals surface area contributed by atoms with Crippen LogP contribution in [0.15, 0.2) is 51.4 Å². The Bertz CT molecular complexity index is 747. The van der Waals surface area contributed by atoms with Gasteiger partial charge < -0.3 is 10.1 Å². The molecular weight excluding hydrogens is 461 g/mol. The van der Waals surface area contributed by atoms with Crippen molar-refractivity contribution < 1.29 is 14.3 Å². The summed E-state index contributed by atoms with van der Waals surface area (Å²) < 4.78 is 6.30. The van der Waals surface area contributed by atoms with Gasteiger partial charge in [-0.25, -0.2) is 4.79 Å². The van der Waals surface area contributed by atoms with Gasteiger partial charge in [0.1, 0.15) is 6.04 Å². The molecular formula is C17H14Br2ClNO3. The molecule has 0 heterocycles. The number of ether oxygens (including phenoxy) is 1. The fourth-order valence-electron chi connectivity index (χ4n) is 2.15. The maximum absolute atomic E-state index is 12.5. The molecule has 0 saturated carbocycles. The standard InChI is InChI=1S/C17H14Br2ClNO3/c1-24-17(23)15(8-10-4-2-3-5-14(10)20)21-16(22)11-6-12(18)9-13(19)7-11/h2-7,9,15H,8H2,1H3,(H,21,22)/t15-/m1/s1. The van der Waals surface area contributed by atoms with E-state index in [0.29, 0.717) is 10.6 Å². The molecule has 0 aliphatic rings. The number of methoxy groups -OCH3 is 1. The third-order valence-corrected chi connectivity index (χ3v) is 4.58. The number of benzene rings is 2. The zero-order valence-electron chi connectivity index (χ0n) is 12.7. The molecule has 7 heteroatoms. The first-order chi connectivity index (χ1) is 11.4. The van der Waals surface area contributed by atoms with Crippen molar-refractivity contribution in [2.75, 3.05) is 7.11 Å². The molecule has 1 N–H and O–H groups in total. The lowest BCUT2D eigenvalue weighted by Crippen LogP contribution is -2.43. The molecule has 24 heavy (non-hydrogen) atoms. The third kappa shape index (κ3) is 5.06. The van der Waals surface area contributed by atoms with Crippen LogP contribution in [0.4, 0.5) is 0 Å². The van der Waals surface area contributed by atoms with E-state index in [2.05, 4.69) is 37.2 Å². The lowest BCUT2D eigenvalue weighted by atomic mass is 10.1. The van der Waals surface area contributed by atoms with Crippen LogP contribution in [-0.2, 0) is 16.0 Å². The molecule has 0 saturated heterocycles. The number of hydrogen-bond donors (Lipinski definition) is 1. The number of nitrogens with one attached hydrogen (secondary N) is 1. The molecule has 0 aliphatic carbocycles. The second kappa shape index (κ2) is 8.65. The predicted octanol–water partition coefficient (Wildman–Crippen LogP) is 4.38. The van der Waals surface area contributed by atoms with Gasteiger partial charge in [0.25, 0.3) is 5.91 Å². The van der Waals surface area contributed by atoms with Crippen LogP contribution < -0.4 is 5.32 Å². The predicted molar refractivity (Wildman–Crippen MR) is 100 cm³/mol. The Hall–Kier alpha value is -1.37. The van der Waals surface area contributed by atoms with Crippen molar-refractivity contribution in [3.05, 3.63) is 67.6 Å². The summed E-state index contributed by atoms with van der Waals surface area (Å²) in [7, 11) is 1.28. The molecule has 0 aliphatic heterocycles. The molecule has 4 nitrogen and oxygen atoms in total. The van der Waals surface area contributed by atoms with Gasteiger partial charge in [0, 0.05) is 26.0 Å². The van der Waals surface area contributed by atoms with Crippen molar-refractivity contribution in [2.45, 2.75) is 12.5 Å². The van der Waals surface area contributed by atoms with Crippen LogP contribution in [0.1, 0.15) is 15.9 Å². The van der Waals surface area contributed by atoms with Gasteiger partial charge in [0.15, 0.2) is 0 Å². The number of carbonyl (C=O) groups excluding carboxylic acids is 2. The Kier molecular flexibility index (Phi) is 6.83. The van der Waals surface area contributed by atoms with Crippen molar-refractivity contribution in [3.8, 4) is 0 Å². The van der Waals surface area contributed by atoms with Gasteiger partial charge in [0.05, 0.1) is 7.11 Å². The number of carbonyl (C=O) groups is 2. The quantitative estimate of drug-likeness (QED) is 0.653. The van der Waals surface area contributed by atoms with E-state index in [4.69, 9.17) is 16.3 Å². The Morgan fingerprint density at radius 3 is 2.38 bits per heavy atom. The van der Waals surface area contributed by atoms with Crippen LogP contribution in [0.25, 0.3) is 0 Å². The highest BCUT2D eigenvalue weighted by Crippen LogP contribution is 2.21. The van der Waals surface area contributed by atoms with E-state index in [0.717, 1.165) is 14.5 Å². The lowest BCUT2D eigenvalue weighted by molar-refractivity contribution is -0.142. The van der Waals surface area contributed by atoms with E-state index in [-0.39, 0.29) is 12.3 Å². The molecule has 0 aromatic heterocycles. The van der Waals surface area contributed by atoms with Crippen LogP contribution >= 0.6 is 43.5 Å². The highest BCUT2D eigenvalue weighted by atomic mass is 79.9. The van der Waals surface area contributed by atoms with Crippen molar-refractivity contribution in [3.63, 3.8) is 0 Å². The first-order valence-corrected chi connectivity index (χ1v) is 8.95. The van der Waals surface area contributed by atoms with Gasteiger partial charge in [0.2, 0.25) is 0 Å². The highest BCUT2D eigenvalue weighted by Gasteiger charge is 2.23. The first kappa shape index (κ1) is 19.0. The molecule has 0 unspecified atom stereocenters. The summed E-state index contributed by atoms with van der Waals surface area (Å²) in [6.07, 6.45) is 0.243. The summed E-state index contributed by atoms with van der Waals surface area (Å²) in [5.41, 5.74) is 1.18.